The summed E-state index contributed by atoms with van der Waals surface area (Å²) in [6, 6.07) is 0. The van der Waals surface area contributed by atoms with Gasteiger partial charge in [0.05, 0.1) is 26.4 Å². The fraction of sp³-hybridized carbons (Fsp3) is 0.948. The van der Waals surface area contributed by atoms with Crippen molar-refractivity contribution in [2.75, 3.05) is 39.6 Å². The summed E-state index contributed by atoms with van der Waals surface area (Å²) in [6.07, 6.45) is 54.3. The molecule has 0 bridgehead atoms. The van der Waals surface area contributed by atoms with Gasteiger partial charge in [-0.15, -0.1) is 0 Å². The molecule has 3 N–H and O–H groups in total. The Labute approximate surface area is 588 Å². The topological polar surface area (TPSA) is 237 Å². The number of rotatable bonds is 75. The van der Waals surface area contributed by atoms with Gasteiger partial charge in [0.2, 0.25) is 0 Å². The lowest BCUT2D eigenvalue weighted by molar-refractivity contribution is -0.161. The van der Waals surface area contributed by atoms with Gasteiger partial charge in [-0.3, -0.25) is 37.3 Å². The molecule has 0 saturated carbocycles. The van der Waals surface area contributed by atoms with Gasteiger partial charge < -0.3 is 33.8 Å². The minimum Gasteiger partial charge on any atom is -0.462 e. The highest BCUT2D eigenvalue weighted by Gasteiger charge is 2.30. The number of aliphatic hydroxyl groups excluding tert-OH is 1. The molecule has 0 aliphatic rings. The third-order valence-electron chi connectivity index (χ3n) is 18.6. The molecule has 570 valence electrons. The molecule has 0 aliphatic carbocycles. The second kappa shape index (κ2) is 67.5. The summed E-state index contributed by atoms with van der Waals surface area (Å²) in [6.45, 7) is 11.8. The maximum Gasteiger partial charge on any atom is 0.472 e. The lowest BCUT2D eigenvalue weighted by Gasteiger charge is -2.21. The molecule has 0 aromatic carbocycles. The van der Waals surface area contributed by atoms with Crippen molar-refractivity contribution in [2.45, 2.75) is 414 Å². The minimum atomic E-state index is -4.96. The van der Waals surface area contributed by atoms with Crippen molar-refractivity contribution in [1.82, 2.24) is 0 Å². The summed E-state index contributed by atoms with van der Waals surface area (Å²) in [7, 11) is -9.91. The van der Waals surface area contributed by atoms with Gasteiger partial charge in [-0.25, -0.2) is 9.13 Å². The summed E-state index contributed by atoms with van der Waals surface area (Å²) >= 11 is 0. The van der Waals surface area contributed by atoms with Gasteiger partial charge in [0.1, 0.15) is 19.3 Å². The molecule has 4 unspecified atom stereocenters. The first-order valence-electron chi connectivity index (χ1n) is 39.9. The summed E-state index contributed by atoms with van der Waals surface area (Å²) < 4.78 is 68.5. The Kier molecular flexibility index (Phi) is 66.2. The van der Waals surface area contributed by atoms with E-state index in [1.54, 1.807) is 0 Å². The van der Waals surface area contributed by atoms with Crippen LogP contribution in [0.4, 0.5) is 0 Å². The van der Waals surface area contributed by atoms with Crippen molar-refractivity contribution in [3.63, 3.8) is 0 Å². The van der Waals surface area contributed by atoms with Crippen molar-refractivity contribution in [3.05, 3.63) is 0 Å². The van der Waals surface area contributed by atoms with Gasteiger partial charge >= 0.3 is 39.5 Å². The fourth-order valence-corrected chi connectivity index (χ4v) is 13.3. The summed E-state index contributed by atoms with van der Waals surface area (Å²) in [4.78, 5) is 72.8. The number of aliphatic hydroxyl groups is 1. The number of esters is 4. The molecule has 0 amide bonds. The van der Waals surface area contributed by atoms with Crippen LogP contribution in [0, 0.1) is 17.8 Å². The smallest absolute Gasteiger partial charge is 0.462 e. The normalized spacial score (nSPS) is 14.6. The van der Waals surface area contributed by atoms with Gasteiger partial charge in [0.15, 0.2) is 12.2 Å². The molecule has 19 heteroatoms. The van der Waals surface area contributed by atoms with Gasteiger partial charge in [-0.2, -0.15) is 0 Å². The molecular weight excluding hydrogens is 1260 g/mol. The van der Waals surface area contributed by atoms with Crippen LogP contribution in [0.15, 0.2) is 0 Å². The van der Waals surface area contributed by atoms with Crippen LogP contribution in [0.5, 0.6) is 0 Å². The molecule has 96 heavy (non-hydrogen) atoms. The Balaban J connectivity index is 5.22. The summed E-state index contributed by atoms with van der Waals surface area (Å²) in [5.74, 6) is 0.120. The SMILES string of the molecule is CCCCCCCCCCCCCCCCCCCCCCC(=O)O[C@H](COC(=O)CCCCCCCCCCCCCCCC(C)C)COP(=O)(O)OC[C@@H](O)COP(=O)(O)OC[C@@H](COC(=O)CCCCCCCCC(C)CC)OC(=O)CCCCCCCCC(C)CC. The average Bonchev–Trinajstić information content (AvgIpc) is 2.82. The first kappa shape index (κ1) is 94.1. The van der Waals surface area contributed by atoms with Gasteiger partial charge in [-0.1, -0.05) is 344 Å². The van der Waals surface area contributed by atoms with Crippen LogP contribution in [0.3, 0.4) is 0 Å². The number of hydrogen-bond donors (Lipinski definition) is 3. The quantitative estimate of drug-likeness (QED) is 0.0222. The standard InChI is InChI=1S/C77H150O17P2/c1-8-11-12-13-14-15-16-17-18-19-20-21-22-23-26-30-33-36-46-53-60-76(81)93-72(64-87-74(79)58-51-44-35-32-29-27-24-25-28-31-34-41-48-55-68(4)5)66-91-95(83,84)89-62-71(78)63-90-96(85,86)92-67-73(94-77(82)61-54-47-40-38-43-50-57-70(7)10-3)65-88-75(80)59-52-45-39-37-42-49-56-69(6)9-2/h68-73,78H,8-67H2,1-7H3,(H,83,84)(H,85,86)/t69?,70?,71-,72-,73-/m1/s1. The van der Waals surface area contributed by atoms with E-state index in [-0.39, 0.29) is 25.7 Å². The molecular formula is C77H150O17P2. The predicted octanol–water partition coefficient (Wildman–Crippen LogP) is 22.6. The van der Waals surface area contributed by atoms with Crippen LogP contribution in [-0.2, 0) is 65.4 Å². The van der Waals surface area contributed by atoms with Crippen molar-refractivity contribution < 1.29 is 80.2 Å². The Bertz CT molecular complexity index is 1870. The van der Waals surface area contributed by atoms with E-state index < -0.39 is 97.5 Å². The van der Waals surface area contributed by atoms with Crippen molar-refractivity contribution in [1.29, 1.82) is 0 Å². The molecule has 0 aromatic heterocycles. The van der Waals surface area contributed by atoms with Gasteiger partial charge in [-0.05, 0) is 43.4 Å². The van der Waals surface area contributed by atoms with E-state index in [0.717, 1.165) is 114 Å². The second-order valence-corrected chi connectivity index (χ2v) is 31.6. The molecule has 7 atom stereocenters. The molecule has 0 fully saturated rings. The summed E-state index contributed by atoms with van der Waals surface area (Å²) in [5, 5.41) is 10.6. The van der Waals surface area contributed by atoms with E-state index in [1.807, 2.05) is 0 Å². The molecule has 17 nitrogen and oxygen atoms in total. The molecule has 0 heterocycles. The predicted molar refractivity (Wildman–Crippen MR) is 391 cm³/mol. The number of hydrogen-bond acceptors (Lipinski definition) is 15. The Morgan fingerprint density at radius 1 is 0.302 bits per heavy atom. The van der Waals surface area contributed by atoms with Crippen LogP contribution >= 0.6 is 15.6 Å². The zero-order valence-electron chi connectivity index (χ0n) is 62.8. The number of phosphoric ester groups is 2. The molecule has 0 rings (SSSR count). The van der Waals surface area contributed by atoms with Crippen LogP contribution in [0.2, 0.25) is 0 Å². The van der Waals surface area contributed by atoms with Crippen LogP contribution in [-0.4, -0.2) is 96.7 Å². The van der Waals surface area contributed by atoms with Crippen molar-refractivity contribution in [2.24, 2.45) is 17.8 Å². The number of ether oxygens (including phenoxy) is 4. The van der Waals surface area contributed by atoms with E-state index in [4.69, 9.17) is 37.0 Å². The van der Waals surface area contributed by atoms with Crippen molar-refractivity contribution >= 4 is 39.5 Å². The number of carbonyl (C=O) groups is 4. The van der Waals surface area contributed by atoms with Crippen LogP contribution in [0.25, 0.3) is 0 Å². The number of unbranched alkanes of at least 4 members (excludes halogenated alkanes) is 41. The molecule has 0 radical (unpaired) electrons. The van der Waals surface area contributed by atoms with E-state index in [0.29, 0.717) is 25.7 Å². The highest BCUT2D eigenvalue weighted by Crippen LogP contribution is 2.45. The second-order valence-electron chi connectivity index (χ2n) is 28.7. The van der Waals surface area contributed by atoms with E-state index in [9.17, 15) is 43.2 Å². The van der Waals surface area contributed by atoms with Crippen molar-refractivity contribution in [3.8, 4) is 0 Å². The Morgan fingerprint density at radius 3 is 0.792 bits per heavy atom. The third-order valence-corrected chi connectivity index (χ3v) is 20.5. The maximum atomic E-state index is 13.1. The van der Waals surface area contributed by atoms with Gasteiger partial charge in [0.25, 0.3) is 0 Å². The fourth-order valence-electron chi connectivity index (χ4n) is 11.7. The third kappa shape index (κ3) is 67.9. The first-order chi connectivity index (χ1) is 46.3. The maximum absolute atomic E-state index is 13.1. The largest absolute Gasteiger partial charge is 0.472 e. The van der Waals surface area contributed by atoms with Crippen LogP contribution in [0.1, 0.15) is 395 Å². The highest BCUT2D eigenvalue weighted by atomic mass is 31.2. The van der Waals surface area contributed by atoms with Gasteiger partial charge in [0, 0.05) is 25.7 Å². The Hall–Kier alpha value is -1.94. The average molecular weight is 1410 g/mol. The number of phosphoric acid groups is 2. The van der Waals surface area contributed by atoms with E-state index >= 15 is 0 Å². The monoisotopic (exact) mass is 1410 g/mol. The van der Waals surface area contributed by atoms with Crippen LogP contribution < -0.4 is 0 Å². The zero-order chi connectivity index (χ0) is 70.9. The Morgan fingerprint density at radius 2 is 0.531 bits per heavy atom. The van der Waals surface area contributed by atoms with E-state index in [1.165, 1.54) is 199 Å². The lowest BCUT2D eigenvalue weighted by Crippen LogP contribution is -2.30. The summed E-state index contributed by atoms with van der Waals surface area (Å²) in [5.41, 5.74) is 0. The lowest BCUT2D eigenvalue weighted by atomic mass is 10.00. The minimum absolute atomic E-state index is 0.102. The zero-order valence-corrected chi connectivity index (χ0v) is 64.6. The molecule has 0 aliphatic heterocycles. The highest BCUT2D eigenvalue weighted by molar-refractivity contribution is 7.47. The molecule has 0 saturated heterocycles. The molecule has 0 aromatic rings. The first-order valence-corrected chi connectivity index (χ1v) is 42.9. The van der Waals surface area contributed by atoms with E-state index in [2.05, 4.69) is 48.5 Å². The number of carbonyl (C=O) groups excluding carboxylic acids is 4. The molecule has 0 spiro atoms.